The van der Waals surface area contributed by atoms with Gasteiger partial charge in [-0.1, -0.05) is 12.1 Å². The molecule has 0 radical (unpaired) electrons. The van der Waals surface area contributed by atoms with Crippen molar-refractivity contribution < 1.29 is 9.50 Å². The molecule has 2 rings (SSSR count). The van der Waals surface area contributed by atoms with Gasteiger partial charge in [0.05, 0.1) is 22.0 Å². The zero-order chi connectivity index (χ0) is 14.0. The van der Waals surface area contributed by atoms with E-state index in [0.29, 0.717) is 17.4 Å². The van der Waals surface area contributed by atoms with Gasteiger partial charge >= 0.3 is 0 Å². The van der Waals surface area contributed by atoms with Gasteiger partial charge in [-0.3, -0.25) is 4.68 Å². The van der Waals surface area contributed by atoms with Crippen LogP contribution in [0.5, 0.6) is 0 Å². The minimum Gasteiger partial charge on any atom is -0.386 e. The van der Waals surface area contributed by atoms with Gasteiger partial charge in [0.2, 0.25) is 0 Å². The number of aromatic nitrogens is 2. The Bertz CT molecular complexity index is 583. The number of hydrogen-bond donors (Lipinski definition) is 1. The molecule has 0 saturated carbocycles. The maximum atomic E-state index is 13.4. The van der Waals surface area contributed by atoms with E-state index in [1.54, 1.807) is 16.8 Å². The Balaban J connectivity index is 2.25. The number of hydrogen-bond acceptors (Lipinski definition) is 2. The number of halogens is 2. The van der Waals surface area contributed by atoms with Gasteiger partial charge in [-0.2, -0.15) is 5.10 Å². The van der Waals surface area contributed by atoms with Crippen molar-refractivity contribution in [1.82, 2.24) is 9.78 Å². The molecule has 0 aliphatic carbocycles. The average molecular weight is 327 g/mol. The first-order valence-electron chi connectivity index (χ1n) is 6.18. The van der Waals surface area contributed by atoms with Crippen LogP contribution in [0.4, 0.5) is 4.39 Å². The number of nitrogens with zero attached hydrogens (tertiary/aromatic N) is 2. The van der Waals surface area contributed by atoms with Crippen molar-refractivity contribution in [2.45, 2.75) is 32.9 Å². The largest absolute Gasteiger partial charge is 0.386 e. The molecule has 0 aliphatic rings. The maximum absolute atomic E-state index is 13.4. The summed E-state index contributed by atoms with van der Waals surface area (Å²) in [7, 11) is 0. The second-order valence-electron chi connectivity index (χ2n) is 4.46. The lowest BCUT2D eigenvalue weighted by Gasteiger charge is -2.13. The van der Waals surface area contributed by atoms with Crippen LogP contribution in [0.2, 0.25) is 0 Å². The lowest BCUT2D eigenvalue weighted by molar-refractivity contribution is 0.167. The fourth-order valence-corrected chi connectivity index (χ4v) is 2.53. The first-order valence-corrected chi connectivity index (χ1v) is 6.97. The van der Waals surface area contributed by atoms with E-state index in [-0.39, 0.29) is 5.82 Å². The Hall–Kier alpha value is -1.20. The molecule has 1 atom stereocenters. The van der Waals surface area contributed by atoms with Gasteiger partial charge in [0.15, 0.2) is 0 Å². The van der Waals surface area contributed by atoms with Gasteiger partial charge in [0.25, 0.3) is 0 Å². The van der Waals surface area contributed by atoms with Crippen molar-refractivity contribution in [1.29, 1.82) is 0 Å². The summed E-state index contributed by atoms with van der Waals surface area (Å²) < 4.78 is 15.6. The number of aryl methyl sites for hydroxylation is 2. The smallest absolute Gasteiger partial charge is 0.137 e. The maximum Gasteiger partial charge on any atom is 0.137 e. The highest BCUT2D eigenvalue weighted by Crippen LogP contribution is 2.26. The van der Waals surface area contributed by atoms with E-state index in [1.807, 2.05) is 19.9 Å². The van der Waals surface area contributed by atoms with E-state index in [2.05, 4.69) is 21.0 Å². The monoisotopic (exact) mass is 326 g/mol. The fraction of sp³-hybridized carbons (Fsp3) is 0.357. The second kappa shape index (κ2) is 5.84. The third kappa shape index (κ3) is 3.04. The minimum absolute atomic E-state index is 0.315. The Kier molecular flexibility index (Phi) is 4.37. The topological polar surface area (TPSA) is 38.0 Å². The third-order valence-corrected chi connectivity index (χ3v) is 3.91. The number of benzene rings is 1. The van der Waals surface area contributed by atoms with Gasteiger partial charge in [-0.15, -0.1) is 0 Å². The van der Waals surface area contributed by atoms with Crippen molar-refractivity contribution in [3.05, 3.63) is 51.5 Å². The van der Waals surface area contributed by atoms with Crippen LogP contribution in [-0.2, 0) is 13.0 Å². The summed E-state index contributed by atoms with van der Waals surface area (Å²) in [5.74, 6) is -0.315. The van der Waals surface area contributed by atoms with Gasteiger partial charge in [-0.25, -0.2) is 4.39 Å². The summed E-state index contributed by atoms with van der Waals surface area (Å²) in [6, 6.07) is 6.70. The Morgan fingerprint density at radius 3 is 2.89 bits per heavy atom. The van der Waals surface area contributed by atoms with Gasteiger partial charge in [0, 0.05) is 13.0 Å². The third-order valence-electron chi connectivity index (χ3n) is 3.02. The molecule has 3 nitrogen and oxygen atoms in total. The summed E-state index contributed by atoms with van der Waals surface area (Å²) in [5, 5.41) is 14.6. The van der Waals surface area contributed by atoms with Crippen molar-refractivity contribution in [2.75, 3.05) is 0 Å². The van der Waals surface area contributed by atoms with Crippen LogP contribution in [0.15, 0.2) is 28.7 Å². The normalized spacial score (nSPS) is 12.7. The molecule has 1 heterocycles. The molecule has 5 heteroatoms. The van der Waals surface area contributed by atoms with Crippen molar-refractivity contribution in [3.63, 3.8) is 0 Å². The molecule has 1 aromatic heterocycles. The standard InChI is InChI=1S/C14H16BrFN2O/c1-3-18-12(7-9(2)17-18)13(19)8-10-5-4-6-11(16)14(10)15/h4-7,13,19H,3,8H2,1-2H3. The molecule has 0 amide bonds. The van der Waals surface area contributed by atoms with Crippen LogP contribution in [0.25, 0.3) is 0 Å². The van der Waals surface area contributed by atoms with Crippen LogP contribution in [-0.4, -0.2) is 14.9 Å². The van der Waals surface area contributed by atoms with Crippen LogP contribution < -0.4 is 0 Å². The fourth-order valence-electron chi connectivity index (χ4n) is 2.11. The van der Waals surface area contributed by atoms with Gasteiger partial charge < -0.3 is 5.11 Å². The second-order valence-corrected chi connectivity index (χ2v) is 5.25. The number of aliphatic hydroxyl groups is 1. The predicted octanol–water partition coefficient (Wildman–Crippen LogP) is 3.39. The lowest BCUT2D eigenvalue weighted by Crippen LogP contribution is -2.10. The Morgan fingerprint density at radius 1 is 1.47 bits per heavy atom. The molecule has 102 valence electrons. The van der Waals surface area contributed by atoms with E-state index in [1.165, 1.54) is 6.07 Å². The van der Waals surface area contributed by atoms with Crippen LogP contribution in [0, 0.1) is 12.7 Å². The summed E-state index contributed by atoms with van der Waals surface area (Å²) in [5.41, 5.74) is 2.37. The molecule has 1 aromatic carbocycles. The Labute approximate surface area is 120 Å². The van der Waals surface area contributed by atoms with Crippen LogP contribution >= 0.6 is 15.9 Å². The molecule has 0 fully saturated rings. The quantitative estimate of drug-likeness (QED) is 0.935. The average Bonchev–Trinajstić information content (AvgIpc) is 2.76. The molecule has 1 unspecified atom stereocenters. The molecule has 0 spiro atoms. The highest BCUT2D eigenvalue weighted by molar-refractivity contribution is 9.10. The van der Waals surface area contributed by atoms with Crippen molar-refractivity contribution >= 4 is 15.9 Å². The summed E-state index contributed by atoms with van der Waals surface area (Å²) in [4.78, 5) is 0. The molecule has 1 N–H and O–H groups in total. The zero-order valence-corrected chi connectivity index (χ0v) is 12.5. The first kappa shape index (κ1) is 14.2. The van der Waals surface area contributed by atoms with E-state index in [4.69, 9.17) is 0 Å². The van der Waals surface area contributed by atoms with E-state index >= 15 is 0 Å². The predicted molar refractivity (Wildman–Crippen MR) is 75.4 cm³/mol. The highest BCUT2D eigenvalue weighted by Gasteiger charge is 2.17. The van der Waals surface area contributed by atoms with Crippen molar-refractivity contribution in [3.8, 4) is 0 Å². The first-order chi connectivity index (χ1) is 9.02. The van der Waals surface area contributed by atoms with Crippen LogP contribution in [0.3, 0.4) is 0 Å². The number of aliphatic hydroxyl groups excluding tert-OH is 1. The SMILES string of the molecule is CCn1nc(C)cc1C(O)Cc1cccc(F)c1Br. The van der Waals surface area contributed by atoms with Gasteiger partial charge in [0.1, 0.15) is 5.82 Å². The minimum atomic E-state index is -0.695. The molecular formula is C14H16BrFN2O. The molecule has 19 heavy (non-hydrogen) atoms. The molecule has 0 saturated heterocycles. The molecule has 2 aromatic rings. The molecule has 0 bridgehead atoms. The van der Waals surface area contributed by atoms with E-state index < -0.39 is 6.10 Å². The van der Waals surface area contributed by atoms with E-state index in [9.17, 15) is 9.50 Å². The lowest BCUT2D eigenvalue weighted by atomic mass is 10.1. The van der Waals surface area contributed by atoms with E-state index in [0.717, 1.165) is 17.0 Å². The Morgan fingerprint density at radius 2 is 2.21 bits per heavy atom. The van der Waals surface area contributed by atoms with Crippen LogP contribution in [0.1, 0.15) is 30.0 Å². The van der Waals surface area contributed by atoms with Gasteiger partial charge in [-0.05, 0) is 47.5 Å². The summed E-state index contributed by atoms with van der Waals surface area (Å²) >= 11 is 3.21. The molecular weight excluding hydrogens is 311 g/mol. The summed E-state index contributed by atoms with van der Waals surface area (Å²) in [6.07, 6.45) is -0.344. The summed E-state index contributed by atoms with van der Waals surface area (Å²) in [6.45, 7) is 4.56. The highest BCUT2D eigenvalue weighted by atomic mass is 79.9. The van der Waals surface area contributed by atoms with Crippen molar-refractivity contribution in [2.24, 2.45) is 0 Å². The number of rotatable bonds is 4. The zero-order valence-electron chi connectivity index (χ0n) is 10.9. The molecule has 0 aliphatic heterocycles.